The maximum absolute atomic E-state index is 11.7. The van der Waals surface area contributed by atoms with E-state index in [-0.39, 0.29) is 12.1 Å². The van der Waals surface area contributed by atoms with E-state index >= 15 is 0 Å². The monoisotopic (exact) mass is 304 g/mol. The van der Waals surface area contributed by atoms with Crippen LogP contribution in [0.5, 0.6) is 0 Å². The Bertz CT molecular complexity index is 596. The van der Waals surface area contributed by atoms with Gasteiger partial charge in [0.25, 0.3) is 0 Å². The number of amides is 1. The quantitative estimate of drug-likeness (QED) is 0.867. The second kappa shape index (κ2) is 7.87. The molecule has 0 saturated heterocycles. The first-order valence-electron chi connectivity index (χ1n) is 7.89. The van der Waals surface area contributed by atoms with Gasteiger partial charge in [-0.05, 0) is 45.7 Å². The minimum atomic E-state index is -0.468. The summed E-state index contributed by atoms with van der Waals surface area (Å²) >= 11 is 0. The molecule has 0 aliphatic carbocycles. The van der Waals surface area contributed by atoms with E-state index in [0.717, 1.165) is 11.9 Å². The van der Waals surface area contributed by atoms with E-state index in [2.05, 4.69) is 16.4 Å². The maximum Gasteiger partial charge on any atom is 0.407 e. The number of alkyl carbamates (subject to hydrolysis) is 1. The molecule has 0 aliphatic rings. The van der Waals surface area contributed by atoms with Gasteiger partial charge in [0.2, 0.25) is 0 Å². The average Bonchev–Trinajstić information content (AvgIpc) is 2.82. The van der Waals surface area contributed by atoms with Crippen molar-refractivity contribution in [3.63, 3.8) is 0 Å². The zero-order chi connectivity index (χ0) is 16.8. The Hall–Kier alpha value is -1.97. The van der Waals surface area contributed by atoms with Gasteiger partial charge in [-0.15, -0.1) is 0 Å². The van der Waals surface area contributed by atoms with Crippen LogP contribution in [0.2, 0.25) is 0 Å². The third kappa shape index (κ3) is 5.43. The smallest absolute Gasteiger partial charge is 0.407 e. The van der Waals surface area contributed by atoms with Crippen molar-refractivity contribution >= 4 is 17.0 Å². The fraction of sp³-hybridized carbons (Fsp3) is 0.500. The molecule has 1 atom stereocenters. The first-order valence-corrected chi connectivity index (χ1v) is 7.89. The summed E-state index contributed by atoms with van der Waals surface area (Å²) in [4.78, 5) is 15.0. The second-order valence-corrected chi connectivity index (χ2v) is 6.11. The number of nitrogens with one attached hydrogen (secondary N) is 2. The van der Waals surface area contributed by atoms with Crippen LogP contribution in [0.1, 0.15) is 47.1 Å². The second-order valence-electron chi connectivity index (χ2n) is 6.11. The van der Waals surface area contributed by atoms with Crippen molar-refractivity contribution in [1.82, 2.24) is 10.3 Å². The summed E-state index contributed by atoms with van der Waals surface area (Å²) in [7, 11) is 0. The molecule has 4 nitrogen and oxygen atoms in total. The molecule has 2 aromatic rings. The van der Waals surface area contributed by atoms with E-state index in [9.17, 15) is 4.79 Å². The van der Waals surface area contributed by atoms with E-state index in [1.165, 1.54) is 10.9 Å². The Morgan fingerprint density at radius 1 is 1.27 bits per heavy atom. The Morgan fingerprint density at radius 3 is 2.55 bits per heavy atom. The van der Waals surface area contributed by atoms with Crippen LogP contribution in [0.15, 0.2) is 30.5 Å². The lowest BCUT2D eigenvalue weighted by molar-refractivity contribution is 0.0508. The topological polar surface area (TPSA) is 54.1 Å². The zero-order valence-electron chi connectivity index (χ0n) is 14.5. The van der Waals surface area contributed by atoms with Crippen LogP contribution in [0.3, 0.4) is 0 Å². The molecule has 0 radical (unpaired) electrons. The van der Waals surface area contributed by atoms with Crippen LogP contribution in [0.4, 0.5) is 4.79 Å². The van der Waals surface area contributed by atoms with Crippen molar-refractivity contribution < 1.29 is 9.53 Å². The van der Waals surface area contributed by atoms with Crippen LogP contribution in [-0.4, -0.2) is 22.7 Å². The lowest BCUT2D eigenvalue weighted by Gasteiger charge is -2.21. The molecule has 1 unspecified atom stereocenters. The first-order chi connectivity index (χ1) is 10.3. The zero-order valence-corrected chi connectivity index (χ0v) is 14.5. The average molecular weight is 304 g/mol. The molecular weight excluding hydrogens is 276 g/mol. The van der Waals surface area contributed by atoms with E-state index in [1.54, 1.807) is 0 Å². The van der Waals surface area contributed by atoms with Gasteiger partial charge in [0, 0.05) is 23.1 Å². The van der Waals surface area contributed by atoms with Crippen molar-refractivity contribution in [3.05, 3.63) is 36.0 Å². The third-order valence-electron chi connectivity index (χ3n) is 2.96. The predicted molar refractivity (Wildman–Crippen MR) is 92.2 cm³/mol. The number of benzene rings is 1. The van der Waals surface area contributed by atoms with E-state index in [0.29, 0.717) is 0 Å². The predicted octanol–water partition coefficient (Wildman–Crippen LogP) is 4.65. The van der Waals surface area contributed by atoms with E-state index < -0.39 is 5.60 Å². The number of ether oxygens (including phenoxy) is 1. The lowest BCUT2D eigenvalue weighted by Crippen LogP contribution is -2.38. The van der Waals surface area contributed by atoms with Gasteiger partial charge < -0.3 is 15.0 Å². The summed E-state index contributed by atoms with van der Waals surface area (Å²) in [5.74, 6) is 0. The molecule has 1 aromatic heterocycles. The molecule has 2 rings (SSSR count). The van der Waals surface area contributed by atoms with Gasteiger partial charge in [-0.1, -0.05) is 32.0 Å². The van der Waals surface area contributed by atoms with Crippen molar-refractivity contribution in [2.45, 2.75) is 59.6 Å². The Kier molecular flexibility index (Phi) is 6.47. The molecular formula is C18H28N2O2. The highest BCUT2D eigenvalue weighted by molar-refractivity contribution is 5.83. The van der Waals surface area contributed by atoms with Gasteiger partial charge in [-0.25, -0.2) is 4.79 Å². The lowest BCUT2D eigenvalue weighted by atomic mass is 10.1. The highest BCUT2D eigenvalue weighted by atomic mass is 16.6. The number of para-hydroxylation sites is 1. The number of fused-ring (bicyclic) bond motifs is 1. The van der Waals surface area contributed by atoms with E-state index in [4.69, 9.17) is 4.74 Å². The standard InChI is InChI=1S/C16H22N2O2.C2H6/c1-11(18-15(19)20-16(2,3)4)9-12-10-17-14-8-6-5-7-13(12)14;1-2/h5-8,10-11,17H,9H2,1-4H3,(H,18,19);1-2H3. The molecule has 1 heterocycles. The van der Waals surface area contributed by atoms with Gasteiger partial charge in [0.15, 0.2) is 0 Å². The molecule has 122 valence electrons. The molecule has 4 heteroatoms. The SMILES string of the molecule is CC.CC(Cc1c[nH]c2ccccc12)NC(=O)OC(C)(C)C. The first kappa shape index (κ1) is 18.1. The summed E-state index contributed by atoms with van der Waals surface area (Å²) in [6.07, 6.45) is 2.39. The van der Waals surface area contributed by atoms with Crippen molar-refractivity contribution in [3.8, 4) is 0 Å². The fourth-order valence-electron chi connectivity index (χ4n) is 2.19. The number of H-pyrrole nitrogens is 1. The van der Waals surface area contributed by atoms with Gasteiger partial charge in [0.05, 0.1) is 0 Å². The summed E-state index contributed by atoms with van der Waals surface area (Å²) in [5, 5.41) is 4.06. The largest absolute Gasteiger partial charge is 0.444 e. The number of carbonyl (C=O) groups excluding carboxylic acids is 1. The number of hydrogen-bond donors (Lipinski definition) is 2. The molecule has 2 N–H and O–H groups in total. The highest BCUT2D eigenvalue weighted by Gasteiger charge is 2.18. The highest BCUT2D eigenvalue weighted by Crippen LogP contribution is 2.19. The summed E-state index contributed by atoms with van der Waals surface area (Å²) in [6, 6.07) is 8.17. The normalized spacial score (nSPS) is 12.3. The van der Waals surface area contributed by atoms with Gasteiger partial charge in [-0.2, -0.15) is 0 Å². The molecule has 1 amide bonds. The molecule has 0 bridgehead atoms. The van der Waals surface area contributed by atoms with Crippen LogP contribution in [-0.2, 0) is 11.2 Å². The third-order valence-corrected chi connectivity index (χ3v) is 2.96. The summed E-state index contributed by atoms with van der Waals surface area (Å²) in [5.41, 5.74) is 1.85. The number of aromatic nitrogens is 1. The number of carbonyl (C=O) groups is 1. The van der Waals surface area contributed by atoms with Gasteiger partial charge in [0.1, 0.15) is 5.60 Å². The molecule has 0 fully saturated rings. The molecule has 0 saturated carbocycles. The molecule has 0 spiro atoms. The van der Waals surface area contributed by atoms with Crippen molar-refractivity contribution in [2.24, 2.45) is 0 Å². The maximum atomic E-state index is 11.7. The van der Waals surface area contributed by atoms with Crippen molar-refractivity contribution in [1.29, 1.82) is 0 Å². The fourth-order valence-corrected chi connectivity index (χ4v) is 2.19. The number of aromatic amines is 1. The number of hydrogen-bond acceptors (Lipinski definition) is 2. The molecule has 0 aliphatic heterocycles. The molecule has 1 aromatic carbocycles. The summed E-state index contributed by atoms with van der Waals surface area (Å²) in [6.45, 7) is 11.6. The van der Waals surface area contributed by atoms with Crippen LogP contribution >= 0.6 is 0 Å². The summed E-state index contributed by atoms with van der Waals surface area (Å²) < 4.78 is 5.26. The van der Waals surface area contributed by atoms with Gasteiger partial charge in [-0.3, -0.25) is 0 Å². The van der Waals surface area contributed by atoms with Crippen LogP contribution in [0.25, 0.3) is 10.9 Å². The van der Waals surface area contributed by atoms with Gasteiger partial charge >= 0.3 is 6.09 Å². The van der Waals surface area contributed by atoms with Crippen LogP contribution < -0.4 is 5.32 Å². The Morgan fingerprint density at radius 2 is 1.91 bits per heavy atom. The van der Waals surface area contributed by atoms with Crippen LogP contribution in [0, 0.1) is 0 Å². The molecule has 22 heavy (non-hydrogen) atoms. The van der Waals surface area contributed by atoms with Crippen molar-refractivity contribution in [2.75, 3.05) is 0 Å². The Balaban J connectivity index is 0.00000116. The minimum absolute atomic E-state index is 0.0176. The number of rotatable bonds is 3. The minimum Gasteiger partial charge on any atom is -0.444 e. The Labute approximate surface area is 133 Å². The van der Waals surface area contributed by atoms with E-state index in [1.807, 2.05) is 65.9 Å².